The largest absolute Gasteiger partial charge is 0.497 e. The highest BCUT2D eigenvalue weighted by atomic mass is 35.5. The number of aldehydes is 1. The summed E-state index contributed by atoms with van der Waals surface area (Å²) in [5, 5.41) is 12.8. The van der Waals surface area contributed by atoms with E-state index in [1.165, 1.54) is 38.4 Å². The van der Waals surface area contributed by atoms with Crippen LogP contribution in [-0.4, -0.2) is 92.4 Å². The van der Waals surface area contributed by atoms with Crippen LogP contribution in [0, 0.1) is 24.2 Å². The van der Waals surface area contributed by atoms with Crippen molar-refractivity contribution in [3.05, 3.63) is 88.1 Å². The van der Waals surface area contributed by atoms with Crippen molar-refractivity contribution in [2.75, 3.05) is 41.1 Å². The molecule has 0 spiro atoms. The molecule has 2 aromatic carbocycles. The fourth-order valence-corrected chi connectivity index (χ4v) is 8.05. The third kappa shape index (κ3) is 14.1. The molecule has 0 saturated carbocycles. The Labute approximate surface area is 371 Å². The van der Waals surface area contributed by atoms with Gasteiger partial charge in [-0.3, -0.25) is 23.7 Å². The van der Waals surface area contributed by atoms with E-state index < -0.39 is 17.5 Å². The molecule has 2 aliphatic carbocycles. The number of methoxy groups -OCH3 is 3. The molecule has 5 rings (SSSR count). The summed E-state index contributed by atoms with van der Waals surface area (Å²) in [5.41, 5.74) is 9.55. The van der Waals surface area contributed by atoms with Crippen LogP contribution in [0.5, 0.6) is 5.75 Å². The van der Waals surface area contributed by atoms with E-state index in [4.69, 9.17) is 36.7 Å². The summed E-state index contributed by atoms with van der Waals surface area (Å²) in [6.07, 6.45) is 13.1. The number of aliphatic hydroxyl groups excluding tert-OH is 1. The molecule has 0 fully saturated rings. The van der Waals surface area contributed by atoms with Crippen LogP contribution in [0.2, 0.25) is 5.02 Å². The number of amides is 1. The van der Waals surface area contributed by atoms with Crippen LogP contribution in [0.15, 0.2) is 66.3 Å². The molecule has 0 unspecified atom stereocenters. The summed E-state index contributed by atoms with van der Waals surface area (Å²) in [5.74, 6) is 0.478. The van der Waals surface area contributed by atoms with Gasteiger partial charge in [0.15, 0.2) is 0 Å². The molecule has 2 aliphatic rings. The predicted molar refractivity (Wildman–Crippen MR) is 241 cm³/mol. The normalized spacial score (nSPS) is 18.4. The number of nitrogens with one attached hydrogen (secondary N) is 1. The molecule has 1 heterocycles. The molecule has 0 aliphatic heterocycles. The van der Waals surface area contributed by atoms with E-state index in [1.807, 2.05) is 0 Å². The van der Waals surface area contributed by atoms with Crippen molar-refractivity contribution in [3.8, 4) is 5.75 Å². The number of nitrogens with zero attached hydrogens (tertiary/aromatic N) is 1. The number of esters is 2. The maximum Gasteiger partial charge on any atom is 0.311 e. The Morgan fingerprint density at radius 1 is 1.10 bits per heavy atom. The Bertz CT molecular complexity index is 2040. The minimum absolute atomic E-state index is 0.0127. The van der Waals surface area contributed by atoms with E-state index in [0.29, 0.717) is 76.1 Å². The molecule has 0 bridgehead atoms. The highest BCUT2D eigenvalue weighted by Gasteiger charge is 2.41. The molecule has 14 heteroatoms. The number of carbonyl (C=O) groups is 5. The molecular formula is C48H66ClN3O10. The Hall–Kier alpha value is -4.82. The first-order valence-electron chi connectivity index (χ1n) is 21.2. The lowest BCUT2D eigenvalue weighted by atomic mass is 9.63. The van der Waals surface area contributed by atoms with Crippen LogP contribution in [0.3, 0.4) is 0 Å². The summed E-state index contributed by atoms with van der Waals surface area (Å²) in [6, 6.07) is 11.9. The van der Waals surface area contributed by atoms with Crippen LogP contribution < -0.4 is 15.8 Å². The highest BCUT2D eigenvalue weighted by molar-refractivity contribution is 6.30. The Morgan fingerprint density at radius 2 is 1.81 bits per heavy atom. The van der Waals surface area contributed by atoms with Gasteiger partial charge < -0.3 is 39.9 Å². The molecule has 4 atom stereocenters. The number of halogens is 1. The number of ether oxygens (including phenoxy) is 4. The molecule has 340 valence electrons. The summed E-state index contributed by atoms with van der Waals surface area (Å²) < 4.78 is 21.7. The van der Waals surface area contributed by atoms with E-state index in [9.17, 15) is 24.0 Å². The van der Waals surface area contributed by atoms with Gasteiger partial charge in [0.1, 0.15) is 18.6 Å². The van der Waals surface area contributed by atoms with Gasteiger partial charge in [-0.25, -0.2) is 0 Å². The molecule has 1 amide bonds. The zero-order valence-electron chi connectivity index (χ0n) is 37.6. The predicted octanol–water partition coefficient (Wildman–Crippen LogP) is 7.48. The average molecular weight is 881 g/mol. The number of hydrogen-bond donors (Lipinski definition) is 3. The van der Waals surface area contributed by atoms with Gasteiger partial charge in [-0.15, -0.1) is 0 Å². The highest BCUT2D eigenvalue weighted by Crippen LogP contribution is 2.43. The summed E-state index contributed by atoms with van der Waals surface area (Å²) >= 11 is 5.98. The third-order valence-corrected chi connectivity index (χ3v) is 11.8. The number of benzene rings is 2. The molecule has 0 saturated heterocycles. The minimum atomic E-state index is -0.771. The molecular weight excluding hydrogens is 814 g/mol. The maximum atomic E-state index is 13.4. The van der Waals surface area contributed by atoms with E-state index in [0.717, 1.165) is 0 Å². The van der Waals surface area contributed by atoms with Gasteiger partial charge in [0.2, 0.25) is 5.91 Å². The number of fused-ring (bicyclic) bond motifs is 2. The number of nitrogens with two attached hydrogens (primary N) is 1. The van der Waals surface area contributed by atoms with E-state index >= 15 is 0 Å². The molecule has 1 aromatic heterocycles. The lowest BCUT2D eigenvalue weighted by molar-refractivity contribution is -0.151. The van der Waals surface area contributed by atoms with E-state index in [1.54, 1.807) is 82.0 Å². The average Bonchev–Trinajstić information content (AvgIpc) is 3.52. The Balaban J connectivity index is 0.000000359. The first-order valence-corrected chi connectivity index (χ1v) is 21.6. The molecule has 0 radical (unpaired) electrons. The first kappa shape index (κ1) is 51.5. The second-order valence-electron chi connectivity index (χ2n) is 16.4. The van der Waals surface area contributed by atoms with Crippen molar-refractivity contribution in [3.63, 3.8) is 0 Å². The van der Waals surface area contributed by atoms with Crippen LogP contribution in [0.1, 0.15) is 101 Å². The Kier molecular flexibility index (Phi) is 20.5. The Morgan fingerprint density at radius 3 is 2.44 bits per heavy atom. The van der Waals surface area contributed by atoms with Crippen molar-refractivity contribution < 1.29 is 48.0 Å². The number of carbonyl (C=O) groups excluding carboxylic acids is 5. The van der Waals surface area contributed by atoms with E-state index in [-0.39, 0.29) is 55.7 Å². The lowest BCUT2D eigenvalue weighted by Crippen LogP contribution is -2.53. The second-order valence-corrected chi connectivity index (χ2v) is 16.8. The van der Waals surface area contributed by atoms with Crippen LogP contribution >= 0.6 is 11.6 Å². The van der Waals surface area contributed by atoms with Gasteiger partial charge >= 0.3 is 11.9 Å². The molecule has 13 nitrogen and oxygen atoms in total. The third-order valence-electron chi connectivity index (χ3n) is 11.6. The maximum absolute atomic E-state index is 13.4. The fraction of sp³-hybridized carbons (Fsp3) is 0.521. The van der Waals surface area contributed by atoms with E-state index in [2.05, 4.69) is 42.1 Å². The molecule has 62 heavy (non-hydrogen) atoms. The topological polar surface area (TPSA) is 185 Å². The monoisotopic (exact) mass is 879 g/mol. The van der Waals surface area contributed by atoms with Crippen molar-refractivity contribution in [2.45, 2.75) is 104 Å². The zero-order chi connectivity index (χ0) is 46.0. The fourth-order valence-electron chi connectivity index (χ4n) is 7.93. The number of hydrogen-bond acceptors (Lipinski definition) is 11. The molecule has 4 N–H and O–H groups in total. The van der Waals surface area contributed by atoms with Gasteiger partial charge in [-0.1, -0.05) is 50.1 Å². The van der Waals surface area contributed by atoms with Crippen LogP contribution in [-0.2, 0) is 39.8 Å². The number of aromatic nitrogens is 1. The number of rotatable bonds is 17. The van der Waals surface area contributed by atoms with Gasteiger partial charge in [0.05, 0.1) is 44.2 Å². The SMILES string of the molecule is CC[C@H]1[C@@H](C)C=CC2=CCCC[C@@]21N.COC(=O)C(C)(C)CCC(=O)NCCOC(=O)Cc1c(C)n(C(=O)c2ccc(Cl)cc2)c2ccc(OC)cc12.COCC[C@@H](O)CC=O. The zero-order valence-corrected chi connectivity index (χ0v) is 38.3. The van der Waals surface area contributed by atoms with Crippen molar-refractivity contribution in [2.24, 2.45) is 23.0 Å². The standard InChI is InChI=1S/C29H33ClN2O7.C13H21N.C6H12O3/c1-18-22(17-26(34)39-15-14-31-25(33)12-13-29(2,3)28(36)38-5)23-16-21(37-4)10-11-24(23)32(18)27(35)19-6-8-20(30)9-7-19;1-3-12-10(2)7-8-11-6-4-5-9-13(11,12)14;1-9-5-3-6(8)2-4-7/h6-11,16H,12-15,17H2,1-5H3,(H,31,33);6-8,10,12H,3-5,9,14H2,1-2H3;4,6,8H,2-3,5H2,1H3/t;10-,12-,13+;6-/m.00/s1. The lowest BCUT2D eigenvalue weighted by Gasteiger charge is -2.45. The van der Waals surface area contributed by atoms with Crippen molar-refractivity contribution >= 4 is 52.5 Å². The first-order chi connectivity index (χ1) is 29.5. The van der Waals surface area contributed by atoms with Gasteiger partial charge in [0, 0.05) is 53.8 Å². The minimum Gasteiger partial charge on any atom is -0.497 e. The van der Waals surface area contributed by atoms with Gasteiger partial charge in [0.25, 0.3) is 5.91 Å². The second kappa shape index (κ2) is 24.7. The van der Waals surface area contributed by atoms with Crippen molar-refractivity contribution in [1.82, 2.24) is 9.88 Å². The van der Waals surface area contributed by atoms with Gasteiger partial charge in [-0.05, 0) is 118 Å². The van der Waals surface area contributed by atoms with Crippen LogP contribution in [0.25, 0.3) is 10.9 Å². The summed E-state index contributed by atoms with van der Waals surface area (Å²) in [6.45, 7) is 10.4. The van der Waals surface area contributed by atoms with Gasteiger partial charge in [-0.2, -0.15) is 0 Å². The molecule has 3 aromatic rings. The number of allylic oxidation sites excluding steroid dienone is 2. The summed E-state index contributed by atoms with van der Waals surface area (Å²) in [4.78, 5) is 59.8. The van der Waals surface area contributed by atoms with Crippen molar-refractivity contribution in [1.29, 1.82) is 0 Å². The summed E-state index contributed by atoms with van der Waals surface area (Å²) in [7, 11) is 4.42. The smallest absolute Gasteiger partial charge is 0.311 e. The van der Waals surface area contributed by atoms with Crippen LogP contribution in [0.4, 0.5) is 0 Å². The number of aliphatic hydroxyl groups is 1. The quantitative estimate of drug-likeness (QED) is 0.0694.